The van der Waals surface area contributed by atoms with E-state index in [1.807, 2.05) is 0 Å². The molecule has 1 aromatic carbocycles. The molecule has 0 heterocycles. The fraction of sp³-hybridized carbons (Fsp3) is 0.250. The van der Waals surface area contributed by atoms with Crippen LogP contribution in [0.2, 0.25) is 0 Å². The first-order valence-corrected chi connectivity index (χ1v) is 3.59. The van der Waals surface area contributed by atoms with Gasteiger partial charge in [-0.05, 0) is 0 Å². The summed E-state index contributed by atoms with van der Waals surface area (Å²) in [6.07, 6.45) is -7.24. The highest BCUT2D eigenvalue weighted by Gasteiger charge is 2.29. The Morgan fingerprint density at radius 1 is 0.733 bits per heavy atom. The molecule has 0 unspecified atom stereocenters. The minimum Gasteiger partial charge on any atom is -0.206 e. The second kappa shape index (κ2) is 4.08. The zero-order valence-electron chi connectivity index (χ0n) is 6.88. The zero-order chi connectivity index (χ0) is 11.7. The molecule has 0 aliphatic carbocycles. The Labute approximate surface area is 79.3 Å². The standard InChI is InChI=1S/C8H3F7/c9-2-1-3(10)5(8(14)15)6(11)4(2)7(12)13/h1,7-8H. The van der Waals surface area contributed by atoms with Crippen LogP contribution in [0.5, 0.6) is 0 Å². The minimum atomic E-state index is -3.62. The number of hydrogen-bond acceptors (Lipinski definition) is 0. The van der Waals surface area contributed by atoms with Gasteiger partial charge in [-0.2, -0.15) is 0 Å². The quantitative estimate of drug-likeness (QED) is 0.676. The van der Waals surface area contributed by atoms with E-state index < -0.39 is 41.4 Å². The molecule has 0 aliphatic rings. The van der Waals surface area contributed by atoms with Gasteiger partial charge in [0.1, 0.15) is 17.5 Å². The summed E-state index contributed by atoms with van der Waals surface area (Å²) in [4.78, 5) is 0. The lowest BCUT2D eigenvalue weighted by Crippen LogP contribution is -2.05. The highest BCUT2D eigenvalue weighted by molar-refractivity contribution is 5.30. The maximum absolute atomic E-state index is 12.9. The molecule has 7 heteroatoms. The Morgan fingerprint density at radius 2 is 1.07 bits per heavy atom. The second-order valence-corrected chi connectivity index (χ2v) is 2.58. The number of hydrogen-bond donors (Lipinski definition) is 0. The average molecular weight is 232 g/mol. The molecule has 0 spiro atoms. The van der Waals surface area contributed by atoms with E-state index in [0.717, 1.165) is 0 Å². The highest BCUT2D eigenvalue weighted by Crippen LogP contribution is 2.33. The van der Waals surface area contributed by atoms with Gasteiger partial charge in [-0.3, -0.25) is 0 Å². The molecule has 0 aliphatic heterocycles. The molecule has 0 saturated heterocycles. The molecule has 1 rings (SSSR count). The lowest BCUT2D eigenvalue weighted by Gasteiger charge is -2.09. The van der Waals surface area contributed by atoms with Gasteiger partial charge >= 0.3 is 0 Å². The summed E-state index contributed by atoms with van der Waals surface area (Å²) < 4.78 is 86.1. The molecule has 15 heavy (non-hydrogen) atoms. The van der Waals surface area contributed by atoms with Crippen LogP contribution in [0.4, 0.5) is 30.7 Å². The Hall–Kier alpha value is -1.27. The molecular formula is C8H3F7. The monoisotopic (exact) mass is 232 g/mol. The van der Waals surface area contributed by atoms with Gasteiger partial charge in [0.05, 0.1) is 11.1 Å². The summed E-state index contributed by atoms with van der Waals surface area (Å²) in [5.41, 5.74) is -3.68. The van der Waals surface area contributed by atoms with Crippen molar-refractivity contribution in [2.45, 2.75) is 12.9 Å². The van der Waals surface area contributed by atoms with E-state index >= 15 is 0 Å². The van der Waals surface area contributed by atoms with Crippen LogP contribution < -0.4 is 0 Å². The lowest BCUT2D eigenvalue weighted by molar-refractivity contribution is 0.127. The molecule has 84 valence electrons. The SMILES string of the molecule is Fc1cc(F)c(C(F)F)c(F)c1C(F)F. The Bertz CT molecular complexity index is 339. The van der Waals surface area contributed by atoms with Gasteiger partial charge in [0.25, 0.3) is 12.9 Å². The summed E-state index contributed by atoms with van der Waals surface area (Å²) in [5, 5.41) is 0. The van der Waals surface area contributed by atoms with Crippen LogP contribution in [0.3, 0.4) is 0 Å². The van der Waals surface area contributed by atoms with Gasteiger partial charge in [0, 0.05) is 6.07 Å². The lowest BCUT2D eigenvalue weighted by atomic mass is 10.1. The van der Waals surface area contributed by atoms with Crippen molar-refractivity contribution >= 4 is 0 Å². The van der Waals surface area contributed by atoms with Crippen LogP contribution in [-0.2, 0) is 0 Å². The molecule has 0 amide bonds. The maximum Gasteiger partial charge on any atom is 0.269 e. The van der Waals surface area contributed by atoms with Crippen molar-refractivity contribution in [1.82, 2.24) is 0 Å². The van der Waals surface area contributed by atoms with Crippen LogP contribution in [0.1, 0.15) is 24.0 Å². The van der Waals surface area contributed by atoms with E-state index in [1.54, 1.807) is 0 Å². The number of halogens is 7. The predicted octanol–water partition coefficient (Wildman–Crippen LogP) is 3.98. The van der Waals surface area contributed by atoms with Gasteiger partial charge in [-0.1, -0.05) is 0 Å². The highest BCUT2D eigenvalue weighted by atomic mass is 19.3. The van der Waals surface area contributed by atoms with Gasteiger partial charge in [0.2, 0.25) is 0 Å². The smallest absolute Gasteiger partial charge is 0.206 e. The van der Waals surface area contributed by atoms with E-state index in [0.29, 0.717) is 0 Å². The van der Waals surface area contributed by atoms with Crippen LogP contribution in [-0.4, -0.2) is 0 Å². The summed E-state index contributed by atoms with van der Waals surface area (Å²) in [5.74, 6) is -6.01. The molecule has 0 radical (unpaired) electrons. The molecule has 0 N–H and O–H groups in total. The third kappa shape index (κ3) is 2.05. The summed E-state index contributed by atoms with van der Waals surface area (Å²) in [7, 11) is 0. The van der Waals surface area contributed by atoms with Crippen molar-refractivity contribution in [2.24, 2.45) is 0 Å². The van der Waals surface area contributed by atoms with Crippen molar-refractivity contribution < 1.29 is 30.7 Å². The maximum atomic E-state index is 12.9. The third-order valence-electron chi connectivity index (χ3n) is 1.68. The van der Waals surface area contributed by atoms with Crippen molar-refractivity contribution in [3.63, 3.8) is 0 Å². The Kier molecular flexibility index (Phi) is 3.21. The molecule has 1 aromatic rings. The first kappa shape index (κ1) is 11.8. The van der Waals surface area contributed by atoms with Crippen molar-refractivity contribution in [2.75, 3.05) is 0 Å². The average Bonchev–Trinajstić information content (AvgIpc) is 1.99. The van der Waals surface area contributed by atoms with Gasteiger partial charge in [-0.25, -0.2) is 30.7 Å². The first-order valence-electron chi connectivity index (χ1n) is 3.59. The van der Waals surface area contributed by atoms with Crippen molar-refractivity contribution in [1.29, 1.82) is 0 Å². The molecule has 0 nitrogen and oxygen atoms in total. The molecule has 0 atom stereocenters. The van der Waals surface area contributed by atoms with Crippen LogP contribution in [0, 0.1) is 17.5 Å². The molecule has 0 fully saturated rings. The fourth-order valence-corrected chi connectivity index (χ4v) is 1.02. The van der Waals surface area contributed by atoms with Gasteiger partial charge < -0.3 is 0 Å². The molecule has 0 bridgehead atoms. The van der Waals surface area contributed by atoms with Crippen LogP contribution in [0.25, 0.3) is 0 Å². The van der Waals surface area contributed by atoms with E-state index in [9.17, 15) is 30.7 Å². The molecular weight excluding hydrogens is 229 g/mol. The van der Waals surface area contributed by atoms with Gasteiger partial charge in [-0.15, -0.1) is 0 Å². The fourth-order valence-electron chi connectivity index (χ4n) is 1.02. The van der Waals surface area contributed by atoms with Crippen LogP contribution in [0.15, 0.2) is 6.07 Å². The van der Waals surface area contributed by atoms with Gasteiger partial charge in [0.15, 0.2) is 0 Å². The topological polar surface area (TPSA) is 0 Å². The summed E-state index contributed by atoms with van der Waals surface area (Å²) >= 11 is 0. The predicted molar refractivity (Wildman–Crippen MR) is 36.2 cm³/mol. The number of rotatable bonds is 2. The normalized spacial score (nSPS) is 11.5. The Morgan fingerprint density at radius 3 is 1.33 bits per heavy atom. The summed E-state index contributed by atoms with van der Waals surface area (Å²) in [6, 6.07) is -0.188. The molecule has 0 aromatic heterocycles. The van der Waals surface area contributed by atoms with E-state index in [2.05, 4.69) is 0 Å². The van der Waals surface area contributed by atoms with E-state index in [4.69, 9.17) is 0 Å². The van der Waals surface area contributed by atoms with E-state index in [-0.39, 0.29) is 6.07 Å². The summed E-state index contributed by atoms with van der Waals surface area (Å²) in [6.45, 7) is 0. The van der Waals surface area contributed by atoms with Crippen LogP contribution >= 0.6 is 0 Å². The minimum absolute atomic E-state index is 0.188. The number of benzene rings is 1. The first-order chi connectivity index (χ1) is 6.86. The van der Waals surface area contributed by atoms with E-state index in [1.165, 1.54) is 0 Å². The number of alkyl halides is 4. The second-order valence-electron chi connectivity index (χ2n) is 2.58. The zero-order valence-corrected chi connectivity index (χ0v) is 6.88. The largest absolute Gasteiger partial charge is 0.269 e. The third-order valence-corrected chi connectivity index (χ3v) is 1.68. The van der Waals surface area contributed by atoms with Crippen molar-refractivity contribution in [3.8, 4) is 0 Å². The molecule has 0 saturated carbocycles. The van der Waals surface area contributed by atoms with Crippen molar-refractivity contribution in [3.05, 3.63) is 34.6 Å². The Balaban J connectivity index is 3.49.